The van der Waals surface area contributed by atoms with E-state index in [1.165, 1.54) is 0 Å². The lowest BCUT2D eigenvalue weighted by atomic mass is 9.83. The minimum absolute atomic E-state index is 0.0848. The molecule has 2 atom stereocenters. The SMILES string of the molecule is CNC(C(C)C)n1cc(Nc2nccc(N3CC[C@@](C#N)(C4CC4)C3=O)n2)cn1. The van der Waals surface area contributed by atoms with Crippen LogP contribution in [0.4, 0.5) is 17.5 Å². The second kappa shape index (κ2) is 7.44. The van der Waals surface area contributed by atoms with Crippen LogP contribution in [-0.2, 0) is 4.79 Å². The third-order valence-electron chi connectivity index (χ3n) is 5.82. The van der Waals surface area contributed by atoms with Gasteiger partial charge in [0.2, 0.25) is 11.9 Å². The minimum atomic E-state index is -0.876. The first-order chi connectivity index (χ1) is 14.0. The zero-order chi connectivity index (χ0) is 20.6. The molecule has 4 rings (SSSR count). The molecule has 29 heavy (non-hydrogen) atoms. The van der Waals surface area contributed by atoms with E-state index in [9.17, 15) is 10.1 Å². The van der Waals surface area contributed by atoms with Gasteiger partial charge in [-0.3, -0.25) is 19.7 Å². The van der Waals surface area contributed by atoms with Gasteiger partial charge in [0.1, 0.15) is 17.4 Å². The predicted molar refractivity (Wildman–Crippen MR) is 108 cm³/mol. The summed E-state index contributed by atoms with van der Waals surface area (Å²) < 4.78 is 1.86. The highest BCUT2D eigenvalue weighted by atomic mass is 16.2. The van der Waals surface area contributed by atoms with Crippen molar-refractivity contribution in [2.45, 2.75) is 39.3 Å². The lowest BCUT2D eigenvalue weighted by Gasteiger charge is -2.20. The molecule has 0 bridgehead atoms. The van der Waals surface area contributed by atoms with Crippen LogP contribution < -0.4 is 15.5 Å². The molecule has 152 valence electrons. The van der Waals surface area contributed by atoms with Gasteiger partial charge in [-0.25, -0.2) is 4.98 Å². The van der Waals surface area contributed by atoms with Crippen molar-refractivity contribution >= 4 is 23.4 Å². The van der Waals surface area contributed by atoms with E-state index in [1.54, 1.807) is 23.4 Å². The number of hydrogen-bond acceptors (Lipinski definition) is 7. The second-order valence-electron chi connectivity index (χ2n) is 8.11. The van der Waals surface area contributed by atoms with Crippen LogP contribution in [0.25, 0.3) is 0 Å². The summed E-state index contributed by atoms with van der Waals surface area (Å²) >= 11 is 0. The topological polar surface area (TPSA) is 112 Å². The first kappa shape index (κ1) is 19.3. The molecule has 1 saturated carbocycles. The van der Waals surface area contributed by atoms with Gasteiger partial charge < -0.3 is 5.32 Å². The number of amides is 1. The van der Waals surface area contributed by atoms with Gasteiger partial charge in [-0.2, -0.15) is 15.3 Å². The second-order valence-corrected chi connectivity index (χ2v) is 8.11. The molecule has 2 aromatic heterocycles. The molecule has 9 nitrogen and oxygen atoms in total. The molecule has 0 aromatic carbocycles. The number of anilines is 3. The number of carbonyl (C=O) groups excluding carboxylic acids is 1. The molecule has 2 aliphatic rings. The summed E-state index contributed by atoms with van der Waals surface area (Å²) in [5.74, 6) is 1.35. The Hall–Kier alpha value is -2.99. The summed E-state index contributed by atoms with van der Waals surface area (Å²) in [6.07, 6.45) is 7.80. The van der Waals surface area contributed by atoms with Crippen LogP contribution in [0.5, 0.6) is 0 Å². The smallest absolute Gasteiger partial charge is 0.248 e. The molecule has 2 aromatic rings. The number of rotatable bonds is 7. The summed E-state index contributed by atoms with van der Waals surface area (Å²) in [6.45, 7) is 4.76. The number of carbonyl (C=O) groups is 1. The number of nitrogens with zero attached hydrogens (tertiary/aromatic N) is 6. The zero-order valence-electron chi connectivity index (χ0n) is 17.0. The van der Waals surface area contributed by atoms with Crippen LogP contribution in [0.3, 0.4) is 0 Å². The average molecular weight is 394 g/mol. The van der Waals surface area contributed by atoms with Gasteiger partial charge in [0, 0.05) is 12.7 Å². The Labute approximate surface area is 170 Å². The normalized spacial score (nSPS) is 22.7. The molecule has 1 saturated heterocycles. The van der Waals surface area contributed by atoms with E-state index in [0.29, 0.717) is 30.6 Å². The quantitative estimate of drug-likeness (QED) is 0.742. The number of nitriles is 1. The van der Waals surface area contributed by atoms with E-state index in [2.05, 4.69) is 45.6 Å². The Bertz CT molecular complexity index is 944. The summed E-state index contributed by atoms with van der Waals surface area (Å²) in [5, 5.41) is 20.5. The maximum atomic E-state index is 13.0. The highest BCUT2D eigenvalue weighted by molar-refractivity contribution is 6.01. The summed E-state index contributed by atoms with van der Waals surface area (Å²) in [4.78, 5) is 23.4. The van der Waals surface area contributed by atoms with Crippen LogP contribution in [0.2, 0.25) is 0 Å². The third-order valence-corrected chi connectivity index (χ3v) is 5.82. The molecule has 1 aliphatic heterocycles. The van der Waals surface area contributed by atoms with Crippen molar-refractivity contribution in [3.63, 3.8) is 0 Å². The van der Waals surface area contributed by atoms with Crippen molar-refractivity contribution in [3.05, 3.63) is 24.7 Å². The molecule has 1 unspecified atom stereocenters. The van der Waals surface area contributed by atoms with Crippen LogP contribution in [0.1, 0.15) is 39.3 Å². The molecule has 0 spiro atoms. The van der Waals surface area contributed by atoms with Crippen molar-refractivity contribution in [1.29, 1.82) is 5.26 Å². The van der Waals surface area contributed by atoms with Gasteiger partial charge in [-0.15, -0.1) is 0 Å². The number of aromatic nitrogens is 4. The van der Waals surface area contributed by atoms with Crippen LogP contribution >= 0.6 is 0 Å². The first-order valence-corrected chi connectivity index (χ1v) is 10.0. The molecule has 3 heterocycles. The van der Waals surface area contributed by atoms with E-state index < -0.39 is 5.41 Å². The largest absolute Gasteiger partial charge is 0.321 e. The lowest BCUT2D eigenvalue weighted by Crippen LogP contribution is -2.35. The molecule has 1 aliphatic carbocycles. The monoisotopic (exact) mass is 394 g/mol. The van der Waals surface area contributed by atoms with Crippen LogP contribution in [0, 0.1) is 28.6 Å². The molecule has 2 fully saturated rings. The lowest BCUT2D eigenvalue weighted by molar-refractivity contribution is -0.123. The first-order valence-electron chi connectivity index (χ1n) is 10.0. The fourth-order valence-corrected chi connectivity index (χ4v) is 4.12. The predicted octanol–water partition coefficient (Wildman–Crippen LogP) is 2.45. The van der Waals surface area contributed by atoms with Crippen molar-refractivity contribution in [2.75, 3.05) is 23.8 Å². The molecule has 0 radical (unpaired) electrons. The van der Waals surface area contributed by atoms with Crippen molar-refractivity contribution in [2.24, 2.45) is 17.3 Å². The molecule has 2 N–H and O–H groups in total. The highest BCUT2D eigenvalue weighted by Gasteiger charge is 2.57. The maximum absolute atomic E-state index is 13.0. The fraction of sp³-hybridized carbons (Fsp3) is 0.550. The Morgan fingerprint density at radius 3 is 2.83 bits per heavy atom. The van der Waals surface area contributed by atoms with Crippen molar-refractivity contribution < 1.29 is 4.79 Å². The van der Waals surface area contributed by atoms with Gasteiger partial charge in [0.05, 0.1) is 24.2 Å². The van der Waals surface area contributed by atoms with Crippen LogP contribution in [-0.4, -0.2) is 39.2 Å². The Kier molecular flexibility index (Phi) is 4.96. The highest BCUT2D eigenvalue weighted by Crippen LogP contribution is 2.51. The van der Waals surface area contributed by atoms with Crippen molar-refractivity contribution in [3.8, 4) is 6.07 Å². The van der Waals surface area contributed by atoms with Gasteiger partial charge in [-0.05, 0) is 44.2 Å². The molecular formula is C20H26N8O. The molecule has 9 heteroatoms. The van der Waals surface area contributed by atoms with Gasteiger partial charge >= 0.3 is 0 Å². The van der Waals surface area contributed by atoms with Gasteiger partial charge in [-0.1, -0.05) is 13.8 Å². The molecular weight excluding hydrogens is 368 g/mol. The zero-order valence-corrected chi connectivity index (χ0v) is 17.0. The fourth-order valence-electron chi connectivity index (χ4n) is 4.12. The van der Waals surface area contributed by atoms with Crippen LogP contribution in [0.15, 0.2) is 24.7 Å². The Balaban J connectivity index is 1.51. The maximum Gasteiger partial charge on any atom is 0.248 e. The number of hydrogen-bond donors (Lipinski definition) is 2. The van der Waals surface area contributed by atoms with Gasteiger partial charge in [0.15, 0.2) is 0 Å². The van der Waals surface area contributed by atoms with E-state index in [0.717, 1.165) is 18.5 Å². The minimum Gasteiger partial charge on any atom is -0.321 e. The van der Waals surface area contributed by atoms with E-state index in [1.807, 2.05) is 17.9 Å². The van der Waals surface area contributed by atoms with Crippen molar-refractivity contribution in [1.82, 2.24) is 25.1 Å². The van der Waals surface area contributed by atoms with E-state index >= 15 is 0 Å². The summed E-state index contributed by atoms with van der Waals surface area (Å²) in [5.41, 5.74) is -0.112. The summed E-state index contributed by atoms with van der Waals surface area (Å²) in [6, 6.07) is 4.01. The average Bonchev–Trinajstić information content (AvgIpc) is 3.38. The van der Waals surface area contributed by atoms with Gasteiger partial charge in [0.25, 0.3) is 0 Å². The Morgan fingerprint density at radius 1 is 1.38 bits per heavy atom. The molecule has 1 amide bonds. The number of nitrogens with one attached hydrogen (secondary N) is 2. The summed E-state index contributed by atoms with van der Waals surface area (Å²) in [7, 11) is 1.90. The van der Waals surface area contributed by atoms with E-state index in [-0.39, 0.29) is 18.0 Å². The Morgan fingerprint density at radius 2 is 2.17 bits per heavy atom. The third kappa shape index (κ3) is 3.44. The van der Waals surface area contributed by atoms with E-state index in [4.69, 9.17) is 0 Å². The standard InChI is InChI=1S/C20H26N8O/c1-13(2)17(22-3)28-11-15(10-24-28)25-19-23-8-6-16(26-19)27-9-7-20(12-21,18(27)29)14-4-5-14/h6,8,10-11,13-14,17,22H,4-5,7,9H2,1-3H3,(H,23,25,26)/t17?,20-/m1/s1.